The van der Waals surface area contributed by atoms with Crippen molar-refractivity contribution in [2.75, 3.05) is 30.0 Å². The highest BCUT2D eigenvalue weighted by Gasteiger charge is 2.28. The highest BCUT2D eigenvalue weighted by atomic mass is 32.2. The van der Waals surface area contributed by atoms with Crippen molar-refractivity contribution in [1.29, 1.82) is 0 Å². The minimum absolute atomic E-state index is 0.363. The van der Waals surface area contributed by atoms with Crippen molar-refractivity contribution in [3.8, 4) is 5.75 Å². The van der Waals surface area contributed by atoms with Gasteiger partial charge in [-0.2, -0.15) is 0 Å². The molecule has 0 aliphatic rings. The van der Waals surface area contributed by atoms with Crippen molar-refractivity contribution < 1.29 is 17.9 Å². The van der Waals surface area contributed by atoms with E-state index >= 15 is 0 Å². The molecule has 0 aliphatic heterocycles. The fraction of sp³-hybridized carbons (Fsp3) is 0.333. The fourth-order valence-corrected chi connectivity index (χ4v) is 4.35. The SMILES string of the molecule is COc1ccc(N([C@H](C)C(=O)NCCSc2ccccn2)S(C)(=O)=O)cc1. The van der Waals surface area contributed by atoms with Gasteiger partial charge in [0.15, 0.2) is 0 Å². The first-order chi connectivity index (χ1) is 12.8. The molecular weight excluding hydrogens is 386 g/mol. The van der Waals surface area contributed by atoms with E-state index in [9.17, 15) is 13.2 Å². The maximum atomic E-state index is 12.5. The van der Waals surface area contributed by atoms with E-state index in [2.05, 4.69) is 10.3 Å². The summed E-state index contributed by atoms with van der Waals surface area (Å²) in [5.41, 5.74) is 0.406. The molecule has 2 aromatic rings. The zero-order valence-corrected chi connectivity index (χ0v) is 17.1. The summed E-state index contributed by atoms with van der Waals surface area (Å²) < 4.78 is 30.7. The molecule has 0 bridgehead atoms. The maximum absolute atomic E-state index is 12.5. The number of pyridine rings is 1. The lowest BCUT2D eigenvalue weighted by molar-refractivity contribution is -0.121. The van der Waals surface area contributed by atoms with Crippen LogP contribution in [0.4, 0.5) is 5.69 Å². The van der Waals surface area contributed by atoms with Gasteiger partial charge in [-0.15, -0.1) is 11.8 Å². The Morgan fingerprint density at radius 1 is 1.26 bits per heavy atom. The lowest BCUT2D eigenvalue weighted by atomic mass is 10.2. The molecule has 1 amide bonds. The van der Waals surface area contributed by atoms with E-state index in [-0.39, 0.29) is 5.91 Å². The molecule has 146 valence electrons. The third-order valence-corrected chi connectivity index (χ3v) is 5.89. The van der Waals surface area contributed by atoms with E-state index in [1.54, 1.807) is 37.4 Å². The number of thioether (sulfide) groups is 1. The maximum Gasteiger partial charge on any atom is 0.243 e. The second-order valence-corrected chi connectivity index (χ2v) is 8.71. The summed E-state index contributed by atoms with van der Waals surface area (Å²) in [5, 5.41) is 3.65. The number of ether oxygens (including phenoxy) is 1. The van der Waals surface area contributed by atoms with E-state index < -0.39 is 16.1 Å². The predicted molar refractivity (Wildman–Crippen MR) is 108 cm³/mol. The van der Waals surface area contributed by atoms with Crippen LogP contribution < -0.4 is 14.4 Å². The fourth-order valence-electron chi connectivity index (χ4n) is 2.45. The molecule has 1 aromatic carbocycles. The summed E-state index contributed by atoms with van der Waals surface area (Å²) in [6.07, 6.45) is 2.79. The van der Waals surface area contributed by atoms with E-state index in [0.717, 1.165) is 15.6 Å². The highest BCUT2D eigenvalue weighted by Crippen LogP contribution is 2.23. The third kappa shape index (κ3) is 6.14. The van der Waals surface area contributed by atoms with E-state index in [0.29, 0.717) is 23.7 Å². The van der Waals surface area contributed by atoms with Gasteiger partial charge < -0.3 is 10.1 Å². The number of hydrogen-bond donors (Lipinski definition) is 1. The number of hydrogen-bond acceptors (Lipinski definition) is 6. The number of amides is 1. The number of nitrogens with one attached hydrogen (secondary N) is 1. The predicted octanol–water partition coefficient (Wildman–Crippen LogP) is 2.15. The summed E-state index contributed by atoms with van der Waals surface area (Å²) in [6.45, 7) is 1.97. The molecule has 0 spiro atoms. The van der Waals surface area contributed by atoms with Crippen LogP contribution in [0, 0.1) is 0 Å². The van der Waals surface area contributed by atoms with Crippen molar-refractivity contribution in [2.45, 2.75) is 18.0 Å². The van der Waals surface area contributed by atoms with Gasteiger partial charge in [-0.3, -0.25) is 9.10 Å². The molecule has 7 nitrogen and oxygen atoms in total. The van der Waals surface area contributed by atoms with Crippen LogP contribution in [0.5, 0.6) is 5.75 Å². The number of methoxy groups -OCH3 is 1. The molecule has 2 rings (SSSR count). The second kappa shape index (κ2) is 9.61. The minimum atomic E-state index is -3.64. The molecule has 1 atom stereocenters. The first-order valence-corrected chi connectivity index (χ1v) is 11.1. The monoisotopic (exact) mass is 409 g/mol. The average molecular weight is 410 g/mol. The van der Waals surface area contributed by atoms with Crippen molar-refractivity contribution in [3.05, 3.63) is 48.7 Å². The van der Waals surface area contributed by atoms with Gasteiger partial charge in [-0.25, -0.2) is 13.4 Å². The van der Waals surface area contributed by atoms with Gasteiger partial charge in [0, 0.05) is 18.5 Å². The number of anilines is 1. The standard InChI is InChI=1S/C18H23N3O4S2/c1-14(18(22)20-12-13-26-17-6-4-5-11-19-17)21(27(3,23)24)15-7-9-16(25-2)10-8-15/h4-11,14H,12-13H2,1-3H3,(H,20,22)/t14-/m1/s1. The Labute approximate surface area is 164 Å². The number of rotatable bonds is 9. The Hall–Kier alpha value is -2.26. The first kappa shape index (κ1) is 21.0. The summed E-state index contributed by atoms with van der Waals surface area (Å²) in [5.74, 6) is 0.880. The molecule has 27 heavy (non-hydrogen) atoms. The summed E-state index contributed by atoms with van der Waals surface area (Å²) >= 11 is 1.52. The normalized spacial score (nSPS) is 12.3. The molecule has 9 heteroatoms. The smallest absolute Gasteiger partial charge is 0.243 e. The molecule has 0 radical (unpaired) electrons. The van der Waals surface area contributed by atoms with Gasteiger partial charge in [0.1, 0.15) is 11.8 Å². The molecule has 1 heterocycles. The number of sulfonamides is 1. The van der Waals surface area contributed by atoms with Crippen LogP contribution in [-0.2, 0) is 14.8 Å². The summed E-state index contributed by atoms with van der Waals surface area (Å²) in [7, 11) is -2.11. The Kier molecular flexibility index (Phi) is 7.49. The van der Waals surface area contributed by atoms with Crippen molar-refractivity contribution >= 4 is 33.4 Å². The van der Waals surface area contributed by atoms with Crippen LogP contribution in [0.2, 0.25) is 0 Å². The number of benzene rings is 1. The van der Waals surface area contributed by atoms with Gasteiger partial charge >= 0.3 is 0 Å². The number of carbonyl (C=O) groups is 1. The van der Waals surface area contributed by atoms with Gasteiger partial charge in [0.05, 0.1) is 24.1 Å². The Balaban J connectivity index is 1.99. The zero-order chi connectivity index (χ0) is 19.9. The van der Waals surface area contributed by atoms with E-state index in [1.807, 2.05) is 18.2 Å². The summed E-state index contributed by atoms with van der Waals surface area (Å²) in [4.78, 5) is 16.7. The Morgan fingerprint density at radius 2 is 1.96 bits per heavy atom. The average Bonchev–Trinajstić information content (AvgIpc) is 2.65. The molecule has 0 aliphatic carbocycles. The van der Waals surface area contributed by atoms with Crippen LogP contribution >= 0.6 is 11.8 Å². The van der Waals surface area contributed by atoms with Gasteiger partial charge in [0.2, 0.25) is 15.9 Å². The Morgan fingerprint density at radius 3 is 2.52 bits per heavy atom. The van der Waals surface area contributed by atoms with Crippen LogP contribution in [0.25, 0.3) is 0 Å². The van der Waals surface area contributed by atoms with Crippen LogP contribution in [-0.4, -0.2) is 51.0 Å². The number of aromatic nitrogens is 1. The van der Waals surface area contributed by atoms with Gasteiger partial charge in [0.25, 0.3) is 0 Å². The summed E-state index contributed by atoms with van der Waals surface area (Å²) in [6, 6.07) is 11.3. The zero-order valence-electron chi connectivity index (χ0n) is 15.5. The van der Waals surface area contributed by atoms with Crippen molar-refractivity contribution in [2.24, 2.45) is 0 Å². The quantitative estimate of drug-likeness (QED) is 0.504. The second-order valence-electron chi connectivity index (χ2n) is 5.74. The minimum Gasteiger partial charge on any atom is -0.497 e. The molecule has 1 N–H and O–H groups in total. The third-order valence-electron chi connectivity index (χ3n) is 3.70. The van der Waals surface area contributed by atoms with Crippen molar-refractivity contribution in [3.63, 3.8) is 0 Å². The topological polar surface area (TPSA) is 88.6 Å². The van der Waals surface area contributed by atoms with Gasteiger partial charge in [-0.05, 0) is 43.3 Å². The molecule has 0 saturated carbocycles. The lowest BCUT2D eigenvalue weighted by Gasteiger charge is -2.28. The molecule has 0 fully saturated rings. The highest BCUT2D eigenvalue weighted by molar-refractivity contribution is 7.99. The van der Waals surface area contributed by atoms with Crippen molar-refractivity contribution in [1.82, 2.24) is 10.3 Å². The molecule has 0 unspecified atom stereocenters. The molecular formula is C18H23N3O4S2. The molecule has 0 saturated heterocycles. The van der Waals surface area contributed by atoms with Gasteiger partial charge in [-0.1, -0.05) is 6.07 Å². The Bertz CT molecular complexity index is 843. The van der Waals surface area contributed by atoms with Crippen LogP contribution in [0.1, 0.15) is 6.92 Å². The number of nitrogens with zero attached hydrogens (tertiary/aromatic N) is 2. The van der Waals surface area contributed by atoms with Crippen LogP contribution in [0.15, 0.2) is 53.7 Å². The number of carbonyl (C=O) groups excluding carboxylic acids is 1. The molecule has 1 aromatic heterocycles. The first-order valence-electron chi connectivity index (χ1n) is 8.28. The lowest BCUT2D eigenvalue weighted by Crippen LogP contribution is -2.48. The van der Waals surface area contributed by atoms with E-state index in [4.69, 9.17) is 4.74 Å². The van der Waals surface area contributed by atoms with E-state index in [1.165, 1.54) is 18.9 Å². The largest absolute Gasteiger partial charge is 0.497 e. The van der Waals surface area contributed by atoms with Crippen LogP contribution in [0.3, 0.4) is 0 Å².